The van der Waals surface area contributed by atoms with Gasteiger partial charge >= 0.3 is 0 Å². The molecule has 0 aromatic carbocycles. The van der Waals surface area contributed by atoms with Gasteiger partial charge < -0.3 is 10.6 Å². The maximum atomic E-state index is 13.0. The highest BCUT2D eigenvalue weighted by molar-refractivity contribution is 5.24. The Morgan fingerprint density at radius 3 is 2.50 bits per heavy atom. The van der Waals surface area contributed by atoms with Gasteiger partial charge in [0.1, 0.15) is 0 Å². The molecule has 1 saturated heterocycles. The van der Waals surface area contributed by atoms with Gasteiger partial charge in [-0.2, -0.15) is 0 Å². The molecule has 0 saturated carbocycles. The van der Waals surface area contributed by atoms with Crippen molar-refractivity contribution in [2.75, 3.05) is 13.1 Å². The third kappa shape index (κ3) is 2.36. The normalized spacial score (nSPS) is 29.7. The molecule has 1 aliphatic heterocycles. The highest BCUT2D eigenvalue weighted by Crippen LogP contribution is 2.33. The number of rotatable bonds is 1. The second kappa shape index (κ2) is 4.07. The number of hydrogen-bond acceptors (Lipinski definition) is 2. The highest BCUT2D eigenvalue weighted by atomic mass is 19.3. The Morgan fingerprint density at radius 2 is 1.94 bits per heavy atom. The first-order chi connectivity index (χ1) is 7.48. The molecular formula is C12H18F2N2. The molecule has 1 atom stereocenters. The van der Waals surface area contributed by atoms with Crippen LogP contribution in [-0.4, -0.2) is 23.9 Å². The predicted molar refractivity (Wildman–Crippen MR) is 59.9 cm³/mol. The predicted octanol–water partition coefficient (Wildman–Crippen LogP) is 2.48. The monoisotopic (exact) mass is 228 g/mol. The minimum atomic E-state index is -2.47. The van der Waals surface area contributed by atoms with E-state index in [0.717, 1.165) is 17.8 Å². The lowest BCUT2D eigenvalue weighted by Gasteiger charge is -2.38. The van der Waals surface area contributed by atoms with Crippen molar-refractivity contribution >= 4 is 0 Å². The summed E-state index contributed by atoms with van der Waals surface area (Å²) in [6.45, 7) is 3.01. The lowest BCUT2D eigenvalue weighted by atomic mass is 9.94. The van der Waals surface area contributed by atoms with Gasteiger partial charge in [-0.3, -0.25) is 0 Å². The van der Waals surface area contributed by atoms with Gasteiger partial charge in [-0.15, -0.1) is 0 Å². The van der Waals surface area contributed by atoms with E-state index in [1.54, 1.807) is 0 Å². The summed E-state index contributed by atoms with van der Waals surface area (Å²) in [6.07, 6.45) is 4.64. The fraction of sp³-hybridized carbons (Fsp3) is 0.667. The van der Waals surface area contributed by atoms with E-state index in [9.17, 15) is 8.78 Å². The summed E-state index contributed by atoms with van der Waals surface area (Å²) in [5, 5.41) is 0. The van der Waals surface area contributed by atoms with Crippen LogP contribution < -0.4 is 5.73 Å². The SMILES string of the molecule is CC1CC(N)=CC=C1N1CCC(F)(F)CC1. The lowest BCUT2D eigenvalue weighted by molar-refractivity contribution is -0.0504. The fourth-order valence-electron chi connectivity index (χ4n) is 2.39. The average Bonchev–Trinajstić information content (AvgIpc) is 2.19. The zero-order valence-corrected chi connectivity index (χ0v) is 9.55. The topological polar surface area (TPSA) is 29.3 Å². The Hall–Kier alpha value is -1.06. The van der Waals surface area contributed by atoms with Crippen LogP contribution in [0, 0.1) is 5.92 Å². The lowest BCUT2D eigenvalue weighted by Crippen LogP contribution is -2.40. The van der Waals surface area contributed by atoms with Gasteiger partial charge in [-0.1, -0.05) is 6.92 Å². The summed E-state index contributed by atoms with van der Waals surface area (Å²) < 4.78 is 26.1. The number of hydrogen-bond donors (Lipinski definition) is 1. The molecule has 2 nitrogen and oxygen atoms in total. The number of nitrogens with zero attached hydrogens (tertiary/aromatic N) is 1. The Bertz CT molecular complexity index is 324. The van der Waals surface area contributed by atoms with E-state index in [1.807, 2.05) is 12.2 Å². The molecule has 1 aliphatic carbocycles. The third-order valence-electron chi connectivity index (χ3n) is 3.38. The molecular weight excluding hydrogens is 210 g/mol. The number of alkyl halides is 2. The van der Waals surface area contributed by atoms with E-state index < -0.39 is 5.92 Å². The maximum Gasteiger partial charge on any atom is 0.251 e. The highest BCUT2D eigenvalue weighted by Gasteiger charge is 2.35. The molecule has 16 heavy (non-hydrogen) atoms. The van der Waals surface area contributed by atoms with Crippen LogP contribution in [0.5, 0.6) is 0 Å². The quantitative estimate of drug-likeness (QED) is 0.747. The molecule has 90 valence electrons. The molecule has 4 heteroatoms. The third-order valence-corrected chi connectivity index (χ3v) is 3.38. The van der Waals surface area contributed by atoms with Gasteiger partial charge in [0.2, 0.25) is 0 Å². The van der Waals surface area contributed by atoms with Crippen LogP contribution in [0.25, 0.3) is 0 Å². The van der Waals surface area contributed by atoms with E-state index in [2.05, 4.69) is 11.8 Å². The second-order valence-electron chi connectivity index (χ2n) is 4.78. The smallest absolute Gasteiger partial charge is 0.251 e. The van der Waals surface area contributed by atoms with E-state index >= 15 is 0 Å². The molecule has 0 aromatic heterocycles. The van der Waals surface area contributed by atoms with Crippen molar-refractivity contribution in [3.8, 4) is 0 Å². The second-order valence-corrected chi connectivity index (χ2v) is 4.78. The number of nitrogens with two attached hydrogens (primary N) is 1. The van der Waals surface area contributed by atoms with Crippen molar-refractivity contribution in [1.82, 2.24) is 4.90 Å². The van der Waals surface area contributed by atoms with Gasteiger partial charge in [0, 0.05) is 43.2 Å². The zero-order chi connectivity index (χ0) is 11.8. The number of piperidine rings is 1. The zero-order valence-electron chi connectivity index (χ0n) is 9.55. The Kier molecular flexibility index (Phi) is 2.91. The first-order valence-corrected chi connectivity index (χ1v) is 5.77. The fourth-order valence-corrected chi connectivity index (χ4v) is 2.39. The van der Waals surface area contributed by atoms with Crippen LogP contribution in [0.4, 0.5) is 8.78 Å². The van der Waals surface area contributed by atoms with Gasteiger partial charge in [0.15, 0.2) is 0 Å². The molecule has 1 heterocycles. The van der Waals surface area contributed by atoms with Gasteiger partial charge in [0.25, 0.3) is 5.92 Å². The number of halogens is 2. The molecule has 2 rings (SSSR count). The molecule has 2 N–H and O–H groups in total. The van der Waals surface area contributed by atoms with Crippen LogP contribution >= 0.6 is 0 Å². The summed E-state index contributed by atoms with van der Waals surface area (Å²) in [7, 11) is 0. The molecule has 0 spiro atoms. The Morgan fingerprint density at radius 1 is 1.31 bits per heavy atom. The molecule has 1 unspecified atom stereocenters. The molecule has 0 aromatic rings. The van der Waals surface area contributed by atoms with Crippen LogP contribution in [-0.2, 0) is 0 Å². The minimum absolute atomic E-state index is 0.0315. The first-order valence-electron chi connectivity index (χ1n) is 5.77. The van der Waals surface area contributed by atoms with E-state index in [-0.39, 0.29) is 12.8 Å². The van der Waals surface area contributed by atoms with Crippen molar-refractivity contribution < 1.29 is 8.78 Å². The van der Waals surface area contributed by atoms with E-state index in [4.69, 9.17) is 5.73 Å². The standard InChI is InChI=1S/C12H18F2N2/c1-9-8-10(15)2-3-11(9)16-6-4-12(13,14)5-7-16/h2-3,9H,4-8,15H2,1H3. The van der Waals surface area contributed by atoms with Crippen molar-refractivity contribution in [3.05, 3.63) is 23.5 Å². The summed E-state index contributed by atoms with van der Waals surface area (Å²) >= 11 is 0. The van der Waals surface area contributed by atoms with Crippen molar-refractivity contribution in [1.29, 1.82) is 0 Å². The van der Waals surface area contributed by atoms with Gasteiger partial charge in [0.05, 0.1) is 0 Å². The Balaban J connectivity index is 2.04. The molecule has 0 bridgehead atoms. The van der Waals surface area contributed by atoms with Crippen LogP contribution in [0.2, 0.25) is 0 Å². The van der Waals surface area contributed by atoms with Crippen molar-refractivity contribution in [3.63, 3.8) is 0 Å². The molecule has 0 radical (unpaired) electrons. The summed E-state index contributed by atoms with van der Waals surface area (Å²) in [5.74, 6) is -2.12. The first kappa shape index (κ1) is 11.4. The summed E-state index contributed by atoms with van der Waals surface area (Å²) in [5.41, 5.74) is 7.77. The Labute approximate surface area is 94.8 Å². The molecule has 2 aliphatic rings. The van der Waals surface area contributed by atoms with Gasteiger partial charge in [-0.25, -0.2) is 8.78 Å². The van der Waals surface area contributed by atoms with Crippen LogP contribution in [0.15, 0.2) is 23.5 Å². The average molecular weight is 228 g/mol. The molecule has 1 fully saturated rings. The number of likely N-dealkylation sites (tertiary alicyclic amines) is 1. The van der Waals surface area contributed by atoms with Gasteiger partial charge in [-0.05, 0) is 18.6 Å². The largest absolute Gasteiger partial charge is 0.402 e. The summed E-state index contributed by atoms with van der Waals surface area (Å²) in [6, 6.07) is 0. The summed E-state index contributed by atoms with van der Waals surface area (Å²) in [4.78, 5) is 2.07. The molecule has 0 amide bonds. The van der Waals surface area contributed by atoms with E-state index in [0.29, 0.717) is 19.0 Å². The maximum absolute atomic E-state index is 13.0. The van der Waals surface area contributed by atoms with Crippen molar-refractivity contribution in [2.24, 2.45) is 11.7 Å². The number of allylic oxidation sites excluding steroid dienone is 4. The minimum Gasteiger partial charge on any atom is -0.402 e. The van der Waals surface area contributed by atoms with Crippen LogP contribution in [0.3, 0.4) is 0 Å². The van der Waals surface area contributed by atoms with E-state index in [1.165, 1.54) is 0 Å². The van der Waals surface area contributed by atoms with Crippen LogP contribution in [0.1, 0.15) is 26.2 Å². The van der Waals surface area contributed by atoms with Crippen molar-refractivity contribution in [2.45, 2.75) is 32.1 Å².